The second-order valence-electron chi connectivity index (χ2n) is 6.63. The molecule has 21 heavy (non-hydrogen) atoms. The minimum Gasteiger partial charge on any atom is -0.356 e. The lowest BCUT2D eigenvalue weighted by atomic mass is 9.84. The summed E-state index contributed by atoms with van der Waals surface area (Å²) in [6, 6.07) is 0.123. The summed E-state index contributed by atoms with van der Waals surface area (Å²) >= 11 is 0. The first-order chi connectivity index (χ1) is 9.25. The maximum absolute atomic E-state index is 12.2. The molecule has 2 aliphatic carbocycles. The summed E-state index contributed by atoms with van der Waals surface area (Å²) in [4.78, 5) is 14.7. The zero-order valence-corrected chi connectivity index (χ0v) is 14.3. The quantitative estimate of drug-likeness (QED) is 0.752. The Morgan fingerprint density at radius 3 is 2.43 bits per heavy atom. The molecule has 2 bridgehead atoms. The number of nitrogens with zero attached hydrogens (tertiary/aromatic N) is 1. The Balaban J connectivity index is 0.00000110. The molecule has 124 valence electrons. The Bertz CT molecular complexity index is 335. The van der Waals surface area contributed by atoms with Gasteiger partial charge in [-0.2, -0.15) is 0 Å². The number of nitrogens with two attached hydrogens (primary N) is 1. The predicted molar refractivity (Wildman–Crippen MR) is 90.1 cm³/mol. The first-order valence-corrected chi connectivity index (χ1v) is 8.01. The van der Waals surface area contributed by atoms with Crippen LogP contribution in [0, 0.1) is 17.8 Å². The van der Waals surface area contributed by atoms with Crippen LogP contribution in [0.4, 0.5) is 0 Å². The van der Waals surface area contributed by atoms with Gasteiger partial charge < -0.3 is 16.0 Å². The zero-order valence-electron chi connectivity index (χ0n) is 12.6. The van der Waals surface area contributed by atoms with Gasteiger partial charge in [0.25, 0.3) is 0 Å². The smallest absolute Gasteiger partial charge is 0.224 e. The number of nitrogens with one attached hydrogen (secondary N) is 1. The molecule has 3 rings (SSSR count). The summed E-state index contributed by atoms with van der Waals surface area (Å²) < 4.78 is 0. The van der Waals surface area contributed by atoms with Gasteiger partial charge in [0, 0.05) is 12.6 Å². The summed E-state index contributed by atoms with van der Waals surface area (Å²) in [6.45, 7) is 4.43. The SMILES string of the molecule is Cl.Cl.NC1C2CCC(C2)C1C(=O)NCCCN1CCCC1. The molecule has 1 aliphatic heterocycles. The number of likely N-dealkylation sites (tertiary alicyclic amines) is 1. The fourth-order valence-corrected chi connectivity index (χ4v) is 4.36. The van der Waals surface area contributed by atoms with Crippen LogP contribution in [-0.4, -0.2) is 43.0 Å². The third kappa shape index (κ3) is 4.25. The van der Waals surface area contributed by atoms with Crippen molar-refractivity contribution in [2.45, 2.75) is 44.6 Å². The molecule has 3 fully saturated rings. The number of hydrogen-bond acceptors (Lipinski definition) is 3. The van der Waals surface area contributed by atoms with Crippen LogP contribution in [-0.2, 0) is 4.79 Å². The highest BCUT2D eigenvalue weighted by atomic mass is 35.5. The van der Waals surface area contributed by atoms with Crippen molar-refractivity contribution in [1.82, 2.24) is 10.2 Å². The van der Waals surface area contributed by atoms with Crippen LogP contribution in [0.25, 0.3) is 0 Å². The van der Waals surface area contributed by atoms with Gasteiger partial charge in [-0.3, -0.25) is 4.79 Å². The van der Waals surface area contributed by atoms with Crippen molar-refractivity contribution in [1.29, 1.82) is 0 Å². The van der Waals surface area contributed by atoms with E-state index in [1.54, 1.807) is 0 Å². The molecule has 3 aliphatic rings. The third-order valence-electron chi connectivity index (χ3n) is 5.43. The van der Waals surface area contributed by atoms with Crippen LogP contribution in [0.3, 0.4) is 0 Å². The molecule has 4 unspecified atom stereocenters. The summed E-state index contributed by atoms with van der Waals surface area (Å²) in [5.41, 5.74) is 6.20. The average Bonchev–Trinajstić information content (AvgIpc) is 3.10. The number of halogens is 2. The molecule has 0 aromatic heterocycles. The molecule has 1 saturated heterocycles. The summed E-state index contributed by atoms with van der Waals surface area (Å²) in [5, 5.41) is 3.12. The highest BCUT2D eigenvalue weighted by Gasteiger charge is 2.48. The van der Waals surface area contributed by atoms with E-state index in [-0.39, 0.29) is 42.7 Å². The minimum absolute atomic E-state index is 0. The van der Waals surface area contributed by atoms with Gasteiger partial charge in [0.1, 0.15) is 0 Å². The van der Waals surface area contributed by atoms with Crippen molar-refractivity contribution in [3.8, 4) is 0 Å². The Hall–Kier alpha value is -0.0300. The van der Waals surface area contributed by atoms with E-state index >= 15 is 0 Å². The second-order valence-corrected chi connectivity index (χ2v) is 6.63. The fourth-order valence-electron chi connectivity index (χ4n) is 4.36. The lowest BCUT2D eigenvalue weighted by Gasteiger charge is -2.27. The molecule has 2 saturated carbocycles. The standard InChI is InChI=1S/C15H27N3O.2ClH/c16-14-12-5-4-11(10-12)13(14)15(19)17-6-3-9-18-7-1-2-8-18;;/h11-14H,1-10,16H2,(H,17,19);2*1H. The largest absolute Gasteiger partial charge is 0.356 e. The van der Waals surface area contributed by atoms with E-state index in [0.29, 0.717) is 11.8 Å². The number of carbonyl (C=O) groups excluding carboxylic acids is 1. The van der Waals surface area contributed by atoms with Crippen molar-refractivity contribution >= 4 is 30.7 Å². The lowest BCUT2D eigenvalue weighted by Crippen LogP contribution is -2.45. The van der Waals surface area contributed by atoms with Gasteiger partial charge >= 0.3 is 0 Å². The molecule has 6 heteroatoms. The van der Waals surface area contributed by atoms with Crippen LogP contribution in [0.1, 0.15) is 38.5 Å². The Kier molecular flexibility index (Phi) is 7.75. The lowest BCUT2D eigenvalue weighted by molar-refractivity contribution is -0.127. The number of fused-ring (bicyclic) bond motifs is 2. The number of rotatable bonds is 5. The maximum Gasteiger partial charge on any atom is 0.224 e. The first-order valence-electron chi connectivity index (χ1n) is 8.01. The molecule has 0 aromatic carbocycles. The van der Waals surface area contributed by atoms with Crippen LogP contribution in [0.15, 0.2) is 0 Å². The van der Waals surface area contributed by atoms with Crippen LogP contribution < -0.4 is 11.1 Å². The highest BCUT2D eigenvalue weighted by Crippen LogP contribution is 2.47. The van der Waals surface area contributed by atoms with E-state index in [2.05, 4.69) is 10.2 Å². The zero-order chi connectivity index (χ0) is 13.2. The summed E-state index contributed by atoms with van der Waals surface area (Å²) in [7, 11) is 0. The van der Waals surface area contributed by atoms with Crippen molar-refractivity contribution in [3.05, 3.63) is 0 Å². The normalized spacial score (nSPS) is 34.3. The van der Waals surface area contributed by atoms with E-state index < -0.39 is 0 Å². The van der Waals surface area contributed by atoms with Crippen LogP contribution in [0.2, 0.25) is 0 Å². The molecule has 0 spiro atoms. The number of carbonyl (C=O) groups is 1. The highest BCUT2D eigenvalue weighted by molar-refractivity contribution is 5.85. The molecule has 0 aromatic rings. The van der Waals surface area contributed by atoms with E-state index in [9.17, 15) is 4.79 Å². The average molecular weight is 338 g/mol. The summed E-state index contributed by atoms with van der Waals surface area (Å²) in [5.74, 6) is 1.51. The minimum atomic E-state index is 0. The molecule has 3 N–H and O–H groups in total. The van der Waals surface area contributed by atoms with E-state index in [1.807, 2.05) is 0 Å². The van der Waals surface area contributed by atoms with Crippen molar-refractivity contribution in [3.63, 3.8) is 0 Å². The van der Waals surface area contributed by atoms with Crippen molar-refractivity contribution in [2.24, 2.45) is 23.5 Å². The van der Waals surface area contributed by atoms with Gasteiger partial charge in [-0.1, -0.05) is 0 Å². The van der Waals surface area contributed by atoms with Gasteiger partial charge in [-0.05, 0) is 70.0 Å². The molecule has 1 heterocycles. The van der Waals surface area contributed by atoms with Crippen LogP contribution >= 0.6 is 24.8 Å². The molecular formula is C15H29Cl2N3O. The molecule has 4 atom stereocenters. The monoisotopic (exact) mass is 337 g/mol. The van der Waals surface area contributed by atoms with E-state index in [0.717, 1.165) is 19.5 Å². The van der Waals surface area contributed by atoms with Gasteiger partial charge in [0.15, 0.2) is 0 Å². The van der Waals surface area contributed by atoms with Crippen molar-refractivity contribution < 1.29 is 4.79 Å². The molecule has 4 nitrogen and oxygen atoms in total. The second kappa shape index (κ2) is 8.56. The fraction of sp³-hybridized carbons (Fsp3) is 0.933. The Morgan fingerprint density at radius 2 is 1.81 bits per heavy atom. The number of amides is 1. The van der Waals surface area contributed by atoms with Crippen molar-refractivity contribution in [2.75, 3.05) is 26.2 Å². The molecular weight excluding hydrogens is 309 g/mol. The van der Waals surface area contributed by atoms with E-state index in [4.69, 9.17) is 5.73 Å². The van der Waals surface area contributed by atoms with Gasteiger partial charge in [0.2, 0.25) is 5.91 Å². The topological polar surface area (TPSA) is 58.4 Å². The van der Waals surface area contributed by atoms with Crippen LogP contribution in [0.5, 0.6) is 0 Å². The Morgan fingerprint density at radius 1 is 1.14 bits per heavy atom. The predicted octanol–water partition coefficient (Wildman–Crippen LogP) is 1.81. The Labute approximate surface area is 140 Å². The van der Waals surface area contributed by atoms with Gasteiger partial charge in [-0.15, -0.1) is 24.8 Å². The third-order valence-corrected chi connectivity index (χ3v) is 5.43. The van der Waals surface area contributed by atoms with Gasteiger partial charge in [-0.25, -0.2) is 0 Å². The van der Waals surface area contributed by atoms with E-state index in [1.165, 1.54) is 45.2 Å². The maximum atomic E-state index is 12.2. The van der Waals surface area contributed by atoms with Gasteiger partial charge in [0.05, 0.1) is 5.92 Å². The first kappa shape index (κ1) is 19.0. The number of hydrogen-bond donors (Lipinski definition) is 2. The molecule has 1 amide bonds. The summed E-state index contributed by atoms with van der Waals surface area (Å²) in [6.07, 6.45) is 7.39. The molecule has 0 radical (unpaired) electrons.